The van der Waals surface area contributed by atoms with Crippen LogP contribution in [0, 0.1) is 0 Å². The van der Waals surface area contributed by atoms with Crippen LogP contribution in [0.5, 0.6) is 0 Å². The van der Waals surface area contributed by atoms with E-state index in [2.05, 4.69) is 4.31 Å². The van der Waals surface area contributed by atoms with Gasteiger partial charge in [0, 0.05) is 0 Å². The molecule has 0 aromatic carbocycles. The van der Waals surface area contributed by atoms with Gasteiger partial charge in [0.05, 0.1) is 0 Å². The molecule has 0 fully saturated rings. The van der Waals surface area contributed by atoms with Gasteiger partial charge >= 0.3 is 45.3 Å². The van der Waals surface area contributed by atoms with Gasteiger partial charge in [0.1, 0.15) is 6.61 Å². The summed E-state index contributed by atoms with van der Waals surface area (Å²) >= 11 is 0.750. The molecule has 0 aromatic heterocycles. The first-order valence-corrected chi connectivity index (χ1v) is 6.53. The first kappa shape index (κ1) is 21.5. The van der Waals surface area contributed by atoms with E-state index < -0.39 is 28.2 Å². The summed E-state index contributed by atoms with van der Waals surface area (Å²) in [4.78, 5) is 40.1. The normalized spacial score (nSPS) is 10.2. The van der Waals surface area contributed by atoms with Crippen LogP contribution in [0.15, 0.2) is 0 Å². The number of rotatable bonds is 3. The molecule has 0 unspecified atom stereocenters. The Kier molecular flexibility index (Phi) is 13.9. The van der Waals surface area contributed by atoms with E-state index in [0.717, 1.165) is 20.4 Å². The predicted octanol–water partition coefficient (Wildman–Crippen LogP) is -1.87. The van der Waals surface area contributed by atoms with Gasteiger partial charge in [-0.2, -0.15) is 4.31 Å². The van der Waals surface area contributed by atoms with Crippen LogP contribution in [0.1, 0.15) is 0 Å². The van der Waals surface area contributed by atoms with Crippen LogP contribution in [0.2, 0.25) is 0 Å². The van der Waals surface area contributed by atoms with Crippen molar-refractivity contribution in [2.24, 2.45) is 0 Å². The molecule has 0 aliphatic carbocycles. The van der Waals surface area contributed by atoms with Crippen molar-refractivity contribution >= 4 is 21.6 Å². The summed E-state index contributed by atoms with van der Waals surface area (Å²) in [7, 11) is -10.1. The Labute approximate surface area is 100 Å². The molecule has 0 heterocycles. The van der Waals surface area contributed by atoms with Crippen LogP contribution in [0.4, 0.5) is 0 Å². The Balaban J connectivity index is -0.000000205. The van der Waals surface area contributed by atoms with E-state index in [4.69, 9.17) is 37.9 Å². The standard InChI is InChI=1S/C2H4O3.H4O7P2.O.Ti/c3-1-2(4)5;1-8(2,3)7-9(4,5)6;;/h3H,1H2,(H,4,5);(H2,1,2,3)(H2,4,5,6);;. The number of carboxylic acid groups (broad SMARTS) is 1. The van der Waals surface area contributed by atoms with E-state index in [1.165, 1.54) is 0 Å². The molecule has 0 radical (unpaired) electrons. The zero-order valence-electron chi connectivity index (χ0n) is 7.33. The molecule has 0 aliphatic heterocycles. The molecule has 0 spiro atoms. The quantitative estimate of drug-likeness (QED) is 0.251. The van der Waals surface area contributed by atoms with Crippen LogP contribution in [0.3, 0.4) is 0 Å². The Morgan fingerprint density at radius 1 is 1.06 bits per heavy atom. The maximum atomic E-state index is 9.63. The van der Waals surface area contributed by atoms with Crippen LogP contribution in [0.25, 0.3) is 0 Å². The van der Waals surface area contributed by atoms with Crippen molar-refractivity contribution in [1.82, 2.24) is 0 Å². The summed E-state index contributed by atoms with van der Waals surface area (Å²) in [5.74, 6) is -1.19. The molecule has 0 rings (SSSR count). The molecule has 0 aromatic rings. The molecule has 0 aliphatic rings. The van der Waals surface area contributed by atoms with Crippen LogP contribution in [-0.2, 0) is 42.0 Å². The van der Waals surface area contributed by atoms with Gasteiger partial charge in [-0.15, -0.1) is 0 Å². The summed E-state index contributed by atoms with van der Waals surface area (Å²) in [6, 6.07) is 0. The van der Waals surface area contributed by atoms with E-state index in [0.29, 0.717) is 0 Å². The number of carbonyl (C=O) groups is 1. The summed E-state index contributed by atoms with van der Waals surface area (Å²) in [6.07, 6.45) is 0. The van der Waals surface area contributed by atoms with Gasteiger partial charge in [-0.3, -0.25) is 0 Å². The summed E-state index contributed by atoms with van der Waals surface area (Å²) in [6.45, 7) is -0.778. The van der Waals surface area contributed by atoms with Crippen molar-refractivity contribution in [2.75, 3.05) is 6.61 Å². The molecular formula is C2H8O11P2Ti. The maximum absolute atomic E-state index is 9.63. The summed E-state index contributed by atoms with van der Waals surface area (Å²) < 4.78 is 30.5. The van der Waals surface area contributed by atoms with Crippen molar-refractivity contribution in [3.05, 3.63) is 0 Å². The van der Waals surface area contributed by atoms with E-state index in [9.17, 15) is 9.13 Å². The molecule has 0 atom stereocenters. The third kappa shape index (κ3) is 36.8. The first-order valence-electron chi connectivity index (χ1n) is 2.83. The Morgan fingerprint density at radius 2 is 1.25 bits per heavy atom. The molecule has 11 nitrogen and oxygen atoms in total. The fourth-order valence-electron chi connectivity index (χ4n) is 0.139. The molecule has 96 valence electrons. The van der Waals surface area contributed by atoms with E-state index in [1.54, 1.807) is 0 Å². The average molecular weight is 318 g/mol. The van der Waals surface area contributed by atoms with Gasteiger partial charge in [0.2, 0.25) is 0 Å². The topological polar surface area (TPSA) is 199 Å². The zero-order valence-corrected chi connectivity index (χ0v) is 10.7. The van der Waals surface area contributed by atoms with Crippen molar-refractivity contribution in [3.8, 4) is 0 Å². The number of aliphatic hydroxyl groups is 1. The number of hydrogen-bond donors (Lipinski definition) is 6. The fraction of sp³-hybridized carbons (Fsp3) is 0.500. The number of phosphoric acid groups is 2. The van der Waals surface area contributed by atoms with E-state index in [-0.39, 0.29) is 0 Å². The Hall–Kier alpha value is 0.204. The van der Waals surface area contributed by atoms with Gasteiger partial charge < -0.3 is 29.8 Å². The van der Waals surface area contributed by atoms with Gasteiger partial charge in [-0.05, 0) is 0 Å². The third-order valence-electron chi connectivity index (χ3n) is 0.348. The van der Waals surface area contributed by atoms with Crippen LogP contribution < -0.4 is 0 Å². The first-order chi connectivity index (χ1) is 6.98. The van der Waals surface area contributed by atoms with Gasteiger partial charge in [0.15, 0.2) is 0 Å². The average Bonchev–Trinajstić information content (AvgIpc) is 2.02. The second kappa shape index (κ2) is 10.4. The Morgan fingerprint density at radius 3 is 1.25 bits per heavy atom. The Bertz CT molecular complexity index is 256. The molecule has 14 heteroatoms. The zero-order chi connectivity index (χ0) is 14.0. The minimum atomic E-state index is -5.05. The SMILES string of the molecule is O=C(O)CO.O=P(O)(O)OP(=O)(O)O.[O]=[Ti]. The second-order valence-electron chi connectivity index (χ2n) is 1.61. The number of aliphatic carboxylic acids is 1. The third-order valence-corrected chi connectivity index (χ3v) is 2.05. The van der Waals surface area contributed by atoms with Gasteiger partial charge in [-0.25, -0.2) is 13.9 Å². The molecule has 0 amide bonds. The summed E-state index contributed by atoms with van der Waals surface area (Å²) in [5.41, 5.74) is 0. The molecule has 0 bridgehead atoms. The van der Waals surface area contributed by atoms with Crippen molar-refractivity contribution in [2.45, 2.75) is 0 Å². The number of aliphatic hydroxyl groups excluding tert-OH is 1. The molecule has 0 saturated carbocycles. The van der Waals surface area contributed by atoms with Gasteiger partial charge in [0.25, 0.3) is 0 Å². The number of hydrogen-bond acceptors (Lipinski definition) is 6. The molecular weight excluding hydrogens is 310 g/mol. The van der Waals surface area contributed by atoms with Gasteiger partial charge in [-0.1, -0.05) is 0 Å². The van der Waals surface area contributed by atoms with Crippen molar-refractivity contribution < 1.29 is 71.8 Å². The van der Waals surface area contributed by atoms with E-state index in [1.807, 2.05) is 0 Å². The predicted molar refractivity (Wildman–Crippen MR) is 40.6 cm³/mol. The van der Waals surface area contributed by atoms with E-state index >= 15 is 0 Å². The van der Waals surface area contributed by atoms with Crippen molar-refractivity contribution in [1.29, 1.82) is 0 Å². The molecule has 6 N–H and O–H groups in total. The molecule has 16 heavy (non-hydrogen) atoms. The van der Waals surface area contributed by atoms with Crippen molar-refractivity contribution in [3.63, 3.8) is 0 Å². The fourth-order valence-corrected chi connectivity index (χ4v) is 1.25. The summed E-state index contributed by atoms with van der Waals surface area (Å²) in [5, 5.41) is 15.0. The van der Waals surface area contributed by atoms with Crippen LogP contribution >= 0.6 is 15.6 Å². The monoisotopic (exact) mass is 318 g/mol. The second-order valence-corrected chi connectivity index (χ2v) is 4.23. The molecule has 0 saturated heterocycles. The minimum absolute atomic E-state index is 0.750. The number of carboxylic acids is 1. The van der Waals surface area contributed by atoms with Crippen LogP contribution in [-0.4, -0.2) is 42.4 Å².